The summed E-state index contributed by atoms with van der Waals surface area (Å²) in [7, 11) is 10.0. The summed E-state index contributed by atoms with van der Waals surface area (Å²) in [4.78, 5) is 0. The first-order valence-electron chi connectivity index (χ1n) is 34.0. The molecule has 0 unspecified atom stereocenters. The second kappa shape index (κ2) is 28.6. The first-order chi connectivity index (χ1) is 43.7. The van der Waals surface area contributed by atoms with Gasteiger partial charge in [-0.05, 0) is 220 Å². The summed E-state index contributed by atoms with van der Waals surface area (Å²) in [5, 5.41) is 0. The topological polar surface area (TPSA) is 19.4 Å². The van der Waals surface area contributed by atoms with Gasteiger partial charge in [-0.2, -0.15) is 18.3 Å². The van der Waals surface area contributed by atoms with Crippen LogP contribution in [0.5, 0.6) is 0 Å². The Morgan fingerprint density at radius 1 is 0.259 bits per heavy atom. The monoisotopic (exact) mass is 1140 g/mol. The lowest BCUT2D eigenvalue weighted by Gasteiger charge is -2.10. The normalized spacial score (nSPS) is 12.7. The van der Waals surface area contributed by atoms with Crippen LogP contribution < -0.4 is 22.8 Å². The molecule has 5 heteroatoms. The van der Waals surface area contributed by atoms with Crippen molar-refractivity contribution in [3.63, 3.8) is 0 Å². The molecule has 440 valence electrons. The summed E-state index contributed by atoms with van der Waals surface area (Å²) in [6, 6.07) is 49.3. The summed E-state index contributed by atoms with van der Waals surface area (Å²) < 4.78 is 79.0. The van der Waals surface area contributed by atoms with Crippen LogP contribution in [-0.4, -0.2) is 0 Å². The van der Waals surface area contributed by atoms with Crippen molar-refractivity contribution in [2.24, 2.45) is 35.2 Å². The zero-order chi connectivity index (χ0) is 70.4. The van der Waals surface area contributed by atoms with Crippen LogP contribution in [0.3, 0.4) is 0 Å². The molecule has 0 radical (unpaired) electrons. The van der Waals surface area contributed by atoms with E-state index in [1.165, 1.54) is 95.1 Å². The minimum atomic E-state index is -2.10. The number of benzene rings is 5. The van der Waals surface area contributed by atoms with Crippen molar-refractivity contribution in [2.45, 2.75) is 138 Å². The lowest BCUT2D eigenvalue weighted by molar-refractivity contribution is -0.667. The van der Waals surface area contributed by atoms with Crippen LogP contribution in [0.25, 0.3) is 56.3 Å². The first kappa shape index (κ1) is 53.6. The molecule has 0 saturated heterocycles. The van der Waals surface area contributed by atoms with E-state index in [9.17, 15) is 0 Å². The maximum Gasteiger partial charge on any atom is 0.215 e. The molecule has 85 heavy (non-hydrogen) atoms. The zero-order valence-electron chi connectivity index (χ0n) is 64.2. The van der Waals surface area contributed by atoms with Gasteiger partial charge in [-0.3, -0.25) is 0 Å². The fraction of sp³-hybridized carbons (Fsp3) is 0.312. The van der Waals surface area contributed by atoms with Crippen molar-refractivity contribution in [3.05, 3.63) is 264 Å². The predicted molar refractivity (Wildman–Crippen MR) is 360 cm³/mol. The van der Waals surface area contributed by atoms with Crippen molar-refractivity contribution < 1.29 is 35.2 Å². The van der Waals surface area contributed by atoms with Crippen LogP contribution in [0, 0.1) is 138 Å². The molecule has 0 saturated carbocycles. The van der Waals surface area contributed by atoms with E-state index in [-0.39, 0.29) is 0 Å². The maximum absolute atomic E-state index is 7.65. The second-order valence-electron chi connectivity index (χ2n) is 23.4. The van der Waals surface area contributed by atoms with Gasteiger partial charge >= 0.3 is 0 Å². The Kier molecular flexibility index (Phi) is 18.0. The van der Waals surface area contributed by atoms with Crippen LogP contribution in [0.1, 0.15) is 124 Å². The van der Waals surface area contributed by atoms with Gasteiger partial charge < -0.3 is 0 Å². The van der Waals surface area contributed by atoms with E-state index in [4.69, 9.17) is 12.3 Å². The molecule has 10 rings (SSSR count). The third-order valence-corrected chi connectivity index (χ3v) is 17.4. The molecule has 0 aliphatic heterocycles. The quantitative estimate of drug-likeness (QED) is 0.153. The van der Waals surface area contributed by atoms with E-state index >= 15 is 0 Å². The van der Waals surface area contributed by atoms with Gasteiger partial charge in [0.15, 0.2) is 29.0 Å². The molecule has 5 heterocycles. The van der Waals surface area contributed by atoms with E-state index in [1.807, 2.05) is 95.9 Å². The molecular formula is C80H100N5+5. The lowest BCUT2D eigenvalue weighted by Crippen LogP contribution is -2.35. The SMILES string of the molecule is Cc1cccc(-c2c(C)ccc(C)[n+]2C)c1C.Cc1cccc(-c2c(C)ccc(C)[n+]2C)c1C.[2H]C([2H])([2H])c1c[n+](C)c(-c2c(C)cccc2C)cc1C.[2H]C([2H])([2H])c1ccc(C)c(-c2cccc(C)c2C)[n+]1C.[2H]C([2H])([2H])c1cccc(-c2c(C)ccc(C)[n+]2C)c1C. The average Bonchev–Trinajstić information content (AvgIpc) is 0.829. The van der Waals surface area contributed by atoms with Gasteiger partial charge in [0.1, 0.15) is 35.2 Å². The van der Waals surface area contributed by atoms with Crippen LogP contribution in [-0.2, 0) is 35.2 Å². The molecule has 5 aromatic carbocycles. The van der Waals surface area contributed by atoms with Gasteiger partial charge in [0, 0.05) is 120 Å². The van der Waals surface area contributed by atoms with Crippen molar-refractivity contribution in [2.75, 3.05) is 0 Å². The van der Waals surface area contributed by atoms with Crippen molar-refractivity contribution in [1.29, 1.82) is 0 Å². The first-order valence-corrected chi connectivity index (χ1v) is 29.5. The predicted octanol–water partition coefficient (Wildman–Crippen LogP) is 17.1. The second-order valence-corrected chi connectivity index (χ2v) is 23.4. The van der Waals surface area contributed by atoms with Crippen LogP contribution in [0.4, 0.5) is 0 Å². The molecule has 10 aromatic rings. The molecule has 5 nitrogen and oxygen atoms in total. The molecule has 0 bridgehead atoms. The number of rotatable bonds is 5. The molecule has 0 atom stereocenters. The van der Waals surface area contributed by atoms with E-state index in [0.717, 1.165) is 56.2 Å². The summed E-state index contributed by atoms with van der Waals surface area (Å²) in [5.74, 6) is 0. The molecule has 0 aliphatic rings. The third-order valence-electron chi connectivity index (χ3n) is 17.4. The van der Waals surface area contributed by atoms with E-state index in [1.54, 1.807) is 22.9 Å². The molecular weight excluding hydrogens is 1030 g/mol. The Labute approximate surface area is 526 Å². The van der Waals surface area contributed by atoms with Gasteiger partial charge in [0.2, 0.25) is 28.5 Å². The Morgan fingerprint density at radius 2 is 0.541 bits per heavy atom. The summed E-state index contributed by atoms with van der Waals surface area (Å²) >= 11 is 0. The molecule has 0 spiro atoms. The van der Waals surface area contributed by atoms with Crippen LogP contribution in [0.15, 0.2) is 152 Å². The Morgan fingerprint density at radius 3 is 0.871 bits per heavy atom. The van der Waals surface area contributed by atoms with Crippen LogP contribution in [0.2, 0.25) is 0 Å². The van der Waals surface area contributed by atoms with Gasteiger partial charge in [-0.15, -0.1) is 0 Å². The lowest BCUT2D eigenvalue weighted by atomic mass is 9.97. The number of hydrogen-bond donors (Lipinski definition) is 0. The highest BCUT2D eigenvalue weighted by atomic mass is 15.0. The Bertz CT molecular complexity index is 4290. The largest absolute Gasteiger partial charge is 0.215 e. The van der Waals surface area contributed by atoms with Crippen molar-refractivity contribution in [3.8, 4) is 56.3 Å². The highest BCUT2D eigenvalue weighted by Gasteiger charge is 2.22. The van der Waals surface area contributed by atoms with Gasteiger partial charge in [-0.1, -0.05) is 66.7 Å². The fourth-order valence-corrected chi connectivity index (χ4v) is 11.1. The average molecular weight is 1140 g/mol. The molecule has 0 aliphatic carbocycles. The van der Waals surface area contributed by atoms with Crippen molar-refractivity contribution in [1.82, 2.24) is 0 Å². The molecule has 5 aromatic heterocycles. The van der Waals surface area contributed by atoms with E-state index < -0.39 is 20.6 Å². The summed E-state index contributed by atoms with van der Waals surface area (Å²) in [5.41, 5.74) is 33.3. The summed E-state index contributed by atoms with van der Waals surface area (Å²) in [6.45, 7) is 29.3. The Hall–Kier alpha value is -8.15. The van der Waals surface area contributed by atoms with Gasteiger partial charge in [0.25, 0.3) is 0 Å². The minimum Gasteiger partial charge on any atom is -0.201 e. The third kappa shape index (κ3) is 15.0. The smallest absolute Gasteiger partial charge is 0.201 e. The fourth-order valence-electron chi connectivity index (χ4n) is 11.1. The minimum absolute atomic E-state index is 0.360. The highest BCUT2D eigenvalue weighted by molar-refractivity contribution is 5.69. The van der Waals surface area contributed by atoms with E-state index in [0.29, 0.717) is 16.8 Å². The molecule has 0 amide bonds. The zero-order valence-corrected chi connectivity index (χ0v) is 55.2. The summed E-state index contributed by atoms with van der Waals surface area (Å²) in [6.07, 6.45) is 1.73. The number of pyridine rings is 5. The highest BCUT2D eigenvalue weighted by Crippen LogP contribution is 2.30. The molecule has 0 N–H and O–H groups in total. The molecule has 0 fully saturated rings. The Balaban J connectivity index is 0.000000187. The van der Waals surface area contributed by atoms with E-state index in [2.05, 4.69) is 209 Å². The number of aromatic nitrogens is 5. The van der Waals surface area contributed by atoms with Gasteiger partial charge in [0.05, 0.1) is 5.56 Å². The maximum atomic E-state index is 7.65. The number of aryl methyl sites for hydroxylation is 17. The van der Waals surface area contributed by atoms with Crippen LogP contribution >= 0.6 is 0 Å². The number of hydrogen-bond acceptors (Lipinski definition) is 0. The standard InChI is InChI=1S/5C16H20N/c1-11-7-6-8-12(2)16(11)15-9-13(3)14(4)10-17(15)5;4*1-11-7-6-8-15(14(11)4)16-12(2)9-10-13(3)17(16)5/h5*6-10H,1-5H3/q5*+1/i4D3;3D3;1D3;;. The van der Waals surface area contributed by atoms with Gasteiger partial charge in [-0.25, -0.2) is 4.57 Å². The number of nitrogens with zero attached hydrogens (tertiary/aromatic N) is 5. The van der Waals surface area contributed by atoms with Crippen molar-refractivity contribution >= 4 is 0 Å².